The summed E-state index contributed by atoms with van der Waals surface area (Å²) in [6.45, 7) is 4.00. The molecule has 2 aromatic rings. The van der Waals surface area contributed by atoms with Crippen LogP contribution in [0.4, 0.5) is 13.2 Å². The second-order valence-electron chi connectivity index (χ2n) is 3.49. The Morgan fingerprint density at radius 2 is 1.21 bits per heavy atom. The van der Waals surface area contributed by atoms with Crippen molar-refractivity contribution in [1.82, 2.24) is 0 Å². The molecule has 0 amide bonds. The number of hydrogen-bond acceptors (Lipinski definition) is 0. The van der Waals surface area contributed by atoms with Gasteiger partial charge in [-0.2, -0.15) is 0 Å². The van der Waals surface area contributed by atoms with E-state index in [1.807, 2.05) is 13.8 Å². The van der Waals surface area contributed by atoms with Crippen LogP contribution in [0.1, 0.15) is 25.0 Å². The van der Waals surface area contributed by atoms with Crippen LogP contribution in [0.15, 0.2) is 42.5 Å². The minimum atomic E-state index is -0.669. The molecule has 0 N–H and O–H groups in total. The molecule has 0 spiro atoms. The van der Waals surface area contributed by atoms with Gasteiger partial charge in [0.15, 0.2) is 0 Å². The molecule has 3 heteroatoms. The average molecular weight is 264 g/mol. The third kappa shape index (κ3) is 3.98. The second kappa shape index (κ2) is 7.41. The molecule has 0 fully saturated rings. The SMILES string of the molecule is CC.Fc1ccccc1/C=C/c1c(F)cccc1F. The highest BCUT2D eigenvalue weighted by Gasteiger charge is 2.04. The molecule has 0 unspecified atom stereocenters. The van der Waals surface area contributed by atoms with Crippen molar-refractivity contribution in [2.45, 2.75) is 13.8 Å². The van der Waals surface area contributed by atoms with E-state index >= 15 is 0 Å². The van der Waals surface area contributed by atoms with Crippen LogP contribution in [-0.2, 0) is 0 Å². The topological polar surface area (TPSA) is 0 Å². The molecule has 0 atom stereocenters. The van der Waals surface area contributed by atoms with Gasteiger partial charge in [0.2, 0.25) is 0 Å². The highest BCUT2D eigenvalue weighted by molar-refractivity contribution is 5.70. The lowest BCUT2D eigenvalue weighted by Gasteiger charge is -1.99. The van der Waals surface area contributed by atoms with Gasteiger partial charge in [0, 0.05) is 11.1 Å². The maximum absolute atomic E-state index is 13.3. The first kappa shape index (κ1) is 15.0. The van der Waals surface area contributed by atoms with E-state index in [1.54, 1.807) is 12.1 Å². The maximum Gasteiger partial charge on any atom is 0.133 e. The van der Waals surface area contributed by atoms with E-state index in [1.165, 1.54) is 30.4 Å². The molecule has 100 valence electrons. The molecule has 0 aliphatic heterocycles. The zero-order valence-electron chi connectivity index (χ0n) is 10.8. The van der Waals surface area contributed by atoms with Crippen molar-refractivity contribution in [2.75, 3.05) is 0 Å². The van der Waals surface area contributed by atoms with Crippen molar-refractivity contribution in [3.8, 4) is 0 Å². The fourth-order valence-electron chi connectivity index (χ4n) is 1.45. The summed E-state index contributed by atoms with van der Waals surface area (Å²) in [5, 5.41) is 0. The van der Waals surface area contributed by atoms with Crippen LogP contribution in [0.25, 0.3) is 12.2 Å². The maximum atomic E-state index is 13.3. The van der Waals surface area contributed by atoms with Crippen molar-refractivity contribution in [3.05, 3.63) is 71.0 Å². The third-order valence-corrected chi connectivity index (χ3v) is 2.33. The zero-order valence-corrected chi connectivity index (χ0v) is 10.8. The Morgan fingerprint density at radius 3 is 1.79 bits per heavy atom. The Hall–Kier alpha value is -2.03. The zero-order chi connectivity index (χ0) is 14.3. The van der Waals surface area contributed by atoms with E-state index in [0.29, 0.717) is 0 Å². The number of hydrogen-bond donors (Lipinski definition) is 0. The number of rotatable bonds is 2. The molecule has 0 bridgehead atoms. The predicted molar refractivity (Wildman–Crippen MR) is 73.0 cm³/mol. The van der Waals surface area contributed by atoms with E-state index in [4.69, 9.17) is 0 Å². The van der Waals surface area contributed by atoms with E-state index < -0.39 is 17.5 Å². The summed E-state index contributed by atoms with van der Waals surface area (Å²) in [6.07, 6.45) is 2.57. The second-order valence-corrected chi connectivity index (χ2v) is 3.49. The summed E-state index contributed by atoms with van der Waals surface area (Å²) in [6, 6.07) is 9.62. The summed E-state index contributed by atoms with van der Waals surface area (Å²) >= 11 is 0. The summed E-state index contributed by atoms with van der Waals surface area (Å²) < 4.78 is 39.8. The Morgan fingerprint density at radius 1 is 0.684 bits per heavy atom. The van der Waals surface area contributed by atoms with Crippen molar-refractivity contribution in [3.63, 3.8) is 0 Å². The van der Waals surface area contributed by atoms with Crippen molar-refractivity contribution in [1.29, 1.82) is 0 Å². The summed E-state index contributed by atoms with van der Waals surface area (Å²) in [7, 11) is 0. The van der Waals surface area contributed by atoms with Crippen LogP contribution >= 0.6 is 0 Å². The van der Waals surface area contributed by atoms with Crippen LogP contribution < -0.4 is 0 Å². The molecule has 2 aromatic carbocycles. The Balaban J connectivity index is 0.000000861. The normalized spacial score (nSPS) is 10.2. The lowest BCUT2D eigenvalue weighted by molar-refractivity contribution is 0.579. The van der Waals surface area contributed by atoms with Crippen LogP contribution in [-0.4, -0.2) is 0 Å². The molecular formula is C16H15F3. The van der Waals surface area contributed by atoms with Gasteiger partial charge in [-0.25, -0.2) is 13.2 Å². The van der Waals surface area contributed by atoms with Crippen molar-refractivity contribution in [2.24, 2.45) is 0 Å². The third-order valence-electron chi connectivity index (χ3n) is 2.33. The quantitative estimate of drug-likeness (QED) is 0.645. The minimum Gasteiger partial charge on any atom is -0.206 e. The van der Waals surface area contributed by atoms with E-state index in [9.17, 15) is 13.2 Å². The molecule has 0 aromatic heterocycles. The molecule has 0 nitrogen and oxygen atoms in total. The highest BCUT2D eigenvalue weighted by atomic mass is 19.1. The molecule has 0 aliphatic rings. The van der Waals surface area contributed by atoms with Gasteiger partial charge < -0.3 is 0 Å². The molecule has 0 radical (unpaired) electrons. The van der Waals surface area contributed by atoms with Crippen LogP contribution in [0.5, 0.6) is 0 Å². The van der Waals surface area contributed by atoms with Crippen LogP contribution in [0.2, 0.25) is 0 Å². The van der Waals surface area contributed by atoms with Crippen molar-refractivity contribution < 1.29 is 13.2 Å². The summed E-state index contributed by atoms with van der Waals surface area (Å²) in [5.41, 5.74) is 0.117. The van der Waals surface area contributed by atoms with Gasteiger partial charge >= 0.3 is 0 Å². The number of benzene rings is 2. The van der Waals surface area contributed by atoms with Gasteiger partial charge in [-0.3, -0.25) is 0 Å². The van der Waals surface area contributed by atoms with Crippen molar-refractivity contribution >= 4 is 12.2 Å². The largest absolute Gasteiger partial charge is 0.206 e. The van der Waals surface area contributed by atoms with E-state index in [-0.39, 0.29) is 11.1 Å². The smallest absolute Gasteiger partial charge is 0.133 e. The summed E-state index contributed by atoms with van der Waals surface area (Å²) in [4.78, 5) is 0. The first-order valence-electron chi connectivity index (χ1n) is 6.05. The molecular weight excluding hydrogens is 249 g/mol. The molecule has 19 heavy (non-hydrogen) atoms. The Kier molecular flexibility index (Phi) is 5.86. The van der Waals surface area contributed by atoms with Gasteiger partial charge in [-0.1, -0.05) is 44.2 Å². The van der Waals surface area contributed by atoms with Gasteiger partial charge in [0.05, 0.1) is 0 Å². The molecule has 0 saturated heterocycles. The van der Waals surface area contributed by atoms with Gasteiger partial charge in [-0.15, -0.1) is 0 Å². The van der Waals surface area contributed by atoms with Gasteiger partial charge in [0.1, 0.15) is 17.5 Å². The molecule has 0 heterocycles. The first-order valence-corrected chi connectivity index (χ1v) is 6.05. The Labute approximate surface area is 111 Å². The van der Waals surface area contributed by atoms with Crippen LogP contribution in [0, 0.1) is 17.5 Å². The van der Waals surface area contributed by atoms with Gasteiger partial charge in [0.25, 0.3) is 0 Å². The average Bonchev–Trinajstić information content (AvgIpc) is 2.42. The lowest BCUT2D eigenvalue weighted by atomic mass is 10.1. The van der Waals surface area contributed by atoms with E-state index in [2.05, 4.69) is 0 Å². The first-order chi connectivity index (χ1) is 9.18. The fraction of sp³-hybridized carbons (Fsp3) is 0.125. The standard InChI is InChI=1S/C14H9F3.C2H6/c15-12-5-2-1-4-10(12)8-9-11-13(16)6-3-7-14(11)17;1-2/h1-9H;1-2H3/b9-8+;. The molecule has 2 rings (SSSR count). The highest BCUT2D eigenvalue weighted by Crippen LogP contribution is 2.16. The minimum absolute atomic E-state index is 0.171. The molecule has 0 aliphatic carbocycles. The summed E-state index contributed by atoms with van der Waals surface area (Å²) in [5.74, 6) is -1.77. The van der Waals surface area contributed by atoms with Gasteiger partial charge in [-0.05, 0) is 24.3 Å². The fourth-order valence-corrected chi connectivity index (χ4v) is 1.45. The lowest BCUT2D eigenvalue weighted by Crippen LogP contribution is -1.87. The number of halogens is 3. The predicted octanol–water partition coefficient (Wildman–Crippen LogP) is 5.30. The van der Waals surface area contributed by atoms with Crippen LogP contribution in [0.3, 0.4) is 0 Å². The monoisotopic (exact) mass is 264 g/mol. The Bertz CT molecular complexity index is 539. The van der Waals surface area contributed by atoms with E-state index in [0.717, 1.165) is 12.1 Å². The molecule has 0 saturated carbocycles.